The van der Waals surface area contributed by atoms with Crippen LogP contribution in [0.4, 0.5) is 0 Å². The second-order valence-electron chi connectivity index (χ2n) is 5.38. The Kier molecular flexibility index (Phi) is 8.19. The molecule has 0 spiro atoms. The van der Waals surface area contributed by atoms with Crippen molar-refractivity contribution < 1.29 is 9.53 Å². The summed E-state index contributed by atoms with van der Waals surface area (Å²) in [5, 5.41) is 0.286. The van der Waals surface area contributed by atoms with E-state index in [1.165, 1.54) is 11.1 Å². The minimum absolute atomic E-state index is 0.103. The van der Waals surface area contributed by atoms with Crippen LogP contribution in [-0.2, 0) is 9.53 Å². The SMILES string of the molecule is CCOC(=O)CCCSC(/C=C/c1ccccc1)c1ccccc1. The first-order valence-electron chi connectivity index (χ1n) is 8.35. The predicted octanol–water partition coefficient (Wildman–Crippen LogP) is 5.52. The molecular formula is C21H24O2S. The van der Waals surface area contributed by atoms with E-state index in [-0.39, 0.29) is 11.2 Å². The van der Waals surface area contributed by atoms with E-state index >= 15 is 0 Å². The van der Waals surface area contributed by atoms with Gasteiger partial charge < -0.3 is 4.74 Å². The van der Waals surface area contributed by atoms with Crippen LogP contribution in [0.15, 0.2) is 66.7 Å². The summed E-state index contributed by atoms with van der Waals surface area (Å²) in [5.41, 5.74) is 2.48. The van der Waals surface area contributed by atoms with Crippen molar-refractivity contribution in [2.24, 2.45) is 0 Å². The summed E-state index contributed by atoms with van der Waals surface area (Å²) in [6.07, 6.45) is 5.73. The second kappa shape index (κ2) is 10.7. The minimum Gasteiger partial charge on any atom is -0.466 e. The summed E-state index contributed by atoms with van der Waals surface area (Å²) in [5.74, 6) is 0.825. The number of benzene rings is 2. The predicted molar refractivity (Wildman–Crippen MR) is 103 cm³/mol. The molecule has 0 saturated carbocycles. The van der Waals surface area contributed by atoms with Gasteiger partial charge in [-0.25, -0.2) is 0 Å². The van der Waals surface area contributed by atoms with Crippen LogP contribution in [0.1, 0.15) is 36.1 Å². The largest absolute Gasteiger partial charge is 0.466 e. The molecule has 2 aromatic rings. The molecule has 0 fully saturated rings. The Balaban J connectivity index is 1.94. The quantitative estimate of drug-likeness (QED) is 0.444. The van der Waals surface area contributed by atoms with Crippen LogP contribution in [0.3, 0.4) is 0 Å². The van der Waals surface area contributed by atoms with Crippen molar-refractivity contribution in [3.63, 3.8) is 0 Å². The van der Waals surface area contributed by atoms with Gasteiger partial charge in [0.15, 0.2) is 0 Å². The fourth-order valence-electron chi connectivity index (χ4n) is 2.33. The smallest absolute Gasteiger partial charge is 0.305 e. The lowest BCUT2D eigenvalue weighted by molar-refractivity contribution is -0.143. The Hall–Kier alpha value is -2.00. The Morgan fingerprint density at radius 1 is 1.08 bits per heavy atom. The third-order valence-corrected chi connectivity index (χ3v) is 4.83. The van der Waals surface area contributed by atoms with Gasteiger partial charge in [0.05, 0.1) is 6.61 Å². The molecule has 0 amide bonds. The van der Waals surface area contributed by atoms with E-state index in [0.717, 1.165) is 12.2 Å². The van der Waals surface area contributed by atoms with Crippen molar-refractivity contribution in [3.05, 3.63) is 77.9 Å². The average Bonchev–Trinajstić information content (AvgIpc) is 2.63. The molecule has 0 aliphatic heterocycles. The number of carbonyl (C=O) groups is 1. The van der Waals surface area contributed by atoms with Crippen LogP contribution in [0.25, 0.3) is 6.08 Å². The number of hydrogen-bond acceptors (Lipinski definition) is 3. The summed E-state index contributed by atoms with van der Waals surface area (Å²) in [6.45, 7) is 2.30. The molecule has 126 valence electrons. The van der Waals surface area contributed by atoms with Gasteiger partial charge in [0.2, 0.25) is 0 Å². The van der Waals surface area contributed by atoms with Gasteiger partial charge in [-0.2, -0.15) is 0 Å². The zero-order valence-corrected chi connectivity index (χ0v) is 14.9. The van der Waals surface area contributed by atoms with E-state index in [2.05, 4.69) is 48.6 Å². The molecule has 0 radical (unpaired) electrons. The maximum absolute atomic E-state index is 11.4. The molecule has 0 aliphatic carbocycles. The van der Waals surface area contributed by atoms with Crippen LogP contribution < -0.4 is 0 Å². The van der Waals surface area contributed by atoms with Gasteiger partial charge in [-0.15, -0.1) is 11.8 Å². The van der Waals surface area contributed by atoms with Crippen molar-refractivity contribution in [2.45, 2.75) is 25.0 Å². The van der Waals surface area contributed by atoms with Gasteiger partial charge in [-0.05, 0) is 30.2 Å². The summed E-state index contributed by atoms with van der Waals surface area (Å²) in [4.78, 5) is 11.4. The van der Waals surface area contributed by atoms with Crippen LogP contribution in [-0.4, -0.2) is 18.3 Å². The summed E-state index contributed by atoms with van der Waals surface area (Å²) in [6, 6.07) is 20.8. The molecule has 0 aromatic heterocycles. The van der Waals surface area contributed by atoms with Crippen molar-refractivity contribution in [3.8, 4) is 0 Å². The van der Waals surface area contributed by atoms with Gasteiger partial charge in [0.1, 0.15) is 0 Å². The highest BCUT2D eigenvalue weighted by Crippen LogP contribution is 2.31. The average molecular weight is 340 g/mol. The van der Waals surface area contributed by atoms with Crippen molar-refractivity contribution in [1.29, 1.82) is 0 Å². The molecule has 2 nitrogen and oxygen atoms in total. The standard InChI is InChI=1S/C21H24O2S/c1-2-23-21(22)14-9-17-24-20(19-12-7-4-8-13-19)16-15-18-10-5-3-6-11-18/h3-8,10-13,15-16,20H,2,9,14,17H2,1H3/b16-15+. The van der Waals surface area contributed by atoms with Crippen molar-refractivity contribution in [1.82, 2.24) is 0 Å². The summed E-state index contributed by atoms with van der Waals surface area (Å²) >= 11 is 1.86. The molecule has 2 rings (SSSR count). The lowest BCUT2D eigenvalue weighted by atomic mass is 10.1. The van der Waals surface area contributed by atoms with Gasteiger partial charge in [-0.3, -0.25) is 4.79 Å². The van der Waals surface area contributed by atoms with E-state index < -0.39 is 0 Å². The Labute approximate surface area is 148 Å². The number of esters is 1. The molecule has 0 heterocycles. The van der Waals surface area contributed by atoms with E-state index in [1.54, 1.807) is 0 Å². The van der Waals surface area contributed by atoms with Gasteiger partial charge in [0.25, 0.3) is 0 Å². The number of hydrogen-bond donors (Lipinski definition) is 0. The van der Waals surface area contributed by atoms with E-state index in [4.69, 9.17) is 4.74 Å². The first-order chi connectivity index (χ1) is 11.8. The molecule has 24 heavy (non-hydrogen) atoms. The zero-order chi connectivity index (χ0) is 17.0. The monoisotopic (exact) mass is 340 g/mol. The van der Waals surface area contributed by atoms with E-state index in [9.17, 15) is 4.79 Å². The van der Waals surface area contributed by atoms with Gasteiger partial charge in [0, 0.05) is 11.7 Å². The van der Waals surface area contributed by atoms with E-state index in [0.29, 0.717) is 13.0 Å². The van der Waals surface area contributed by atoms with Crippen LogP contribution in [0.5, 0.6) is 0 Å². The maximum Gasteiger partial charge on any atom is 0.305 e. The molecule has 3 heteroatoms. The Morgan fingerprint density at radius 2 is 1.75 bits per heavy atom. The lowest BCUT2D eigenvalue weighted by Crippen LogP contribution is -2.04. The minimum atomic E-state index is -0.103. The fourth-order valence-corrected chi connectivity index (χ4v) is 3.43. The van der Waals surface area contributed by atoms with E-state index in [1.807, 2.05) is 43.0 Å². The molecule has 0 bridgehead atoms. The zero-order valence-electron chi connectivity index (χ0n) is 14.1. The number of thioether (sulfide) groups is 1. The molecule has 0 saturated heterocycles. The molecular weight excluding hydrogens is 316 g/mol. The van der Waals surface area contributed by atoms with Gasteiger partial charge >= 0.3 is 5.97 Å². The third kappa shape index (κ3) is 6.63. The van der Waals surface area contributed by atoms with Crippen molar-refractivity contribution in [2.75, 3.05) is 12.4 Å². The molecule has 0 N–H and O–H groups in total. The van der Waals surface area contributed by atoms with Crippen molar-refractivity contribution >= 4 is 23.8 Å². The molecule has 1 atom stereocenters. The summed E-state index contributed by atoms with van der Waals surface area (Å²) in [7, 11) is 0. The van der Waals surface area contributed by atoms with Crippen LogP contribution in [0.2, 0.25) is 0 Å². The first kappa shape index (κ1) is 18.3. The number of carbonyl (C=O) groups excluding carboxylic acids is 1. The normalized spacial score (nSPS) is 12.2. The van der Waals surface area contributed by atoms with Gasteiger partial charge in [-0.1, -0.05) is 72.8 Å². The molecule has 2 aromatic carbocycles. The summed E-state index contributed by atoms with van der Waals surface area (Å²) < 4.78 is 4.98. The Bertz CT molecular complexity index is 623. The molecule has 0 aliphatic rings. The highest BCUT2D eigenvalue weighted by molar-refractivity contribution is 7.99. The van der Waals surface area contributed by atoms with Crippen LogP contribution >= 0.6 is 11.8 Å². The second-order valence-corrected chi connectivity index (χ2v) is 6.63. The highest BCUT2D eigenvalue weighted by atomic mass is 32.2. The van der Waals surface area contributed by atoms with Crippen LogP contribution in [0, 0.1) is 0 Å². The Morgan fingerprint density at radius 3 is 2.42 bits per heavy atom. The number of rotatable bonds is 9. The maximum atomic E-state index is 11.4. The first-order valence-corrected chi connectivity index (χ1v) is 9.40. The molecule has 1 unspecified atom stereocenters. The topological polar surface area (TPSA) is 26.3 Å². The fraction of sp³-hybridized carbons (Fsp3) is 0.286. The highest BCUT2D eigenvalue weighted by Gasteiger charge is 2.09. The number of ether oxygens (including phenoxy) is 1. The lowest BCUT2D eigenvalue weighted by Gasteiger charge is -2.13. The third-order valence-electron chi connectivity index (χ3n) is 3.52.